The highest BCUT2D eigenvalue weighted by Gasteiger charge is 2.09. The number of hydrogen-bond acceptors (Lipinski definition) is 4. The molecule has 0 bridgehead atoms. The summed E-state index contributed by atoms with van der Waals surface area (Å²) in [6.07, 6.45) is 1.37. The van der Waals surface area contributed by atoms with Gasteiger partial charge < -0.3 is 19.3 Å². The summed E-state index contributed by atoms with van der Waals surface area (Å²) in [7, 11) is 0. The average Bonchev–Trinajstić information content (AvgIpc) is 2.89. The molecule has 6 heteroatoms. The van der Waals surface area contributed by atoms with E-state index in [9.17, 15) is 5.11 Å². The Kier molecular flexibility index (Phi) is 9.82. The van der Waals surface area contributed by atoms with Crippen LogP contribution in [0.4, 0.5) is 0 Å². The van der Waals surface area contributed by atoms with Crippen molar-refractivity contribution in [2.45, 2.75) is 26.1 Å². The first-order chi connectivity index (χ1) is 17.6. The van der Waals surface area contributed by atoms with E-state index in [0.717, 1.165) is 26.7 Å². The normalized spacial score (nSPS) is 10.9. The Balaban J connectivity index is 1.23. The molecule has 4 aromatic rings. The van der Waals surface area contributed by atoms with Crippen molar-refractivity contribution in [3.63, 3.8) is 0 Å². The Hall–Kier alpha value is -2.83. The van der Waals surface area contributed by atoms with Crippen LogP contribution in [0.15, 0.2) is 95.5 Å². The topological polar surface area (TPSA) is 47.9 Å². The van der Waals surface area contributed by atoms with Gasteiger partial charge in [0.15, 0.2) is 0 Å². The maximum Gasteiger partial charge on any atom is 0.146 e. The summed E-state index contributed by atoms with van der Waals surface area (Å²) < 4.78 is 18.5. The molecule has 0 unspecified atom stereocenters. The van der Waals surface area contributed by atoms with E-state index in [2.05, 4.69) is 15.9 Å². The highest BCUT2D eigenvalue weighted by atomic mass is 79.9. The lowest BCUT2D eigenvalue weighted by molar-refractivity contribution is 0.120. The van der Waals surface area contributed by atoms with Crippen LogP contribution in [0.25, 0.3) is 0 Å². The zero-order valence-corrected chi connectivity index (χ0v) is 22.2. The molecular weight excluding hydrogens is 540 g/mol. The quantitative estimate of drug-likeness (QED) is 0.176. The third kappa shape index (κ3) is 7.84. The summed E-state index contributed by atoms with van der Waals surface area (Å²) >= 11 is 9.62. The molecule has 0 aliphatic carbocycles. The molecule has 0 aromatic heterocycles. The monoisotopic (exact) mass is 566 g/mol. The summed E-state index contributed by atoms with van der Waals surface area (Å²) in [5, 5.41) is 10.9. The molecule has 0 amide bonds. The van der Waals surface area contributed by atoms with Gasteiger partial charge in [-0.1, -0.05) is 82.1 Å². The molecule has 0 spiro atoms. The van der Waals surface area contributed by atoms with Gasteiger partial charge in [-0.25, -0.2) is 0 Å². The third-order valence-corrected chi connectivity index (χ3v) is 6.47. The maximum absolute atomic E-state index is 10.4. The maximum atomic E-state index is 10.4. The number of rotatable bonds is 12. The van der Waals surface area contributed by atoms with E-state index in [1.54, 1.807) is 12.1 Å². The summed E-state index contributed by atoms with van der Waals surface area (Å²) in [6.45, 7) is 2.15. The van der Waals surface area contributed by atoms with E-state index in [0.29, 0.717) is 61.5 Å². The van der Waals surface area contributed by atoms with Gasteiger partial charge in [-0.15, -0.1) is 0 Å². The number of benzene rings is 4. The van der Waals surface area contributed by atoms with E-state index >= 15 is 0 Å². The summed E-state index contributed by atoms with van der Waals surface area (Å²) in [6, 6.07) is 29.0. The lowest BCUT2D eigenvalue weighted by Crippen LogP contribution is -2.05. The van der Waals surface area contributed by atoms with Crippen molar-refractivity contribution in [3.05, 3.63) is 123 Å². The smallest absolute Gasteiger partial charge is 0.146 e. The van der Waals surface area contributed by atoms with Crippen molar-refractivity contribution in [1.82, 2.24) is 0 Å². The fraction of sp³-hybridized carbons (Fsp3) is 0.200. The van der Waals surface area contributed by atoms with Gasteiger partial charge in [0.25, 0.3) is 0 Å². The van der Waals surface area contributed by atoms with Gasteiger partial charge in [-0.2, -0.15) is 0 Å². The number of phenolic OH excluding ortho intramolecular Hbond substituents is 1. The van der Waals surface area contributed by atoms with Crippen molar-refractivity contribution >= 4 is 27.5 Å². The number of ether oxygens (including phenoxy) is 3. The summed E-state index contributed by atoms with van der Waals surface area (Å²) in [5.74, 6) is 1.62. The summed E-state index contributed by atoms with van der Waals surface area (Å²) in [5.41, 5.74) is 4.19. The Labute approximate surface area is 225 Å². The zero-order valence-electron chi connectivity index (χ0n) is 19.8. The van der Waals surface area contributed by atoms with Crippen LogP contribution < -0.4 is 4.74 Å². The summed E-state index contributed by atoms with van der Waals surface area (Å²) in [4.78, 5) is 0. The molecule has 0 atom stereocenters. The van der Waals surface area contributed by atoms with Crippen LogP contribution in [0.3, 0.4) is 0 Å². The van der Waals surface area contributed by atoms with Gasteiger partial charge in [0.05, 0.1) is 31.5 Å². The van der Waals surface area contributed by atoms with E-state index in [1.165, 1.54) is 0 Å². The highest BCUT2D eigenvalue weighted by molar-refractivity contribution is 9.10. The van der Waals surface area contributed by atoms with E-state index in [1.807, 2.05) is 78.9 Å². The van der Waals surface area contributed by atoms with Gasteiger partial charge >= 0.3 is 0 Å². The van der Waals surface area contributed by atoms with E-state index in [4.69, 9.17) is 25.8 Å². The molecule has 0 aliphatic rings. The Morgan fingerprint density at radius 2 is 1.42 bits per heavy atom. The van der Waals surface area contributed by atoms with Gasteiger partial charge in [-0.3, -0.25) is 0 Å². The molecule has 186 valence electrons. The first-order valence-corrected chi connectivity index (χ1v) is 13.0. The molecule has 4 nitrogen and oxygen atoms in total. The molecule has 0 saturated carbocycles. The molecule has 1 N–H and O–H groups in total. The second-order valence-electron chi connectivity index (χ2n) is 8.33. The number of aromatic hydroxyl groups is 1. The zero-order chi connectivity index (χ0) is 25.2. The van der Waals surface area contributed by atoms with Crippen LogP contribution in [0.1, 0.15) is 22.3 Å². The first kappa shape index (κ1) is 26.2. The van der Waals surface area contributed by atoms with Crippen molar-refractivity contribution in [1.29, 1.82) is 0 Å². The second-order valence-corrected chi connectivity index (χ2v) is 9.65. The predicted octanol–water partition coefficient (Wildman–Crippen LogP) is 8.12. The van der Waals surface area contributed by atoms with Crippen LogP contribution in [0.5, 0.6) is 17.2 Å². The minimum Gasteiger partial charge on any atom is -0.508 e. The third-order valence-electron chi connectivity index (χ3n) is 5.69. The highest BCUT2D eigenvalue weighted by Crippen LogP contribution is 2.31. The van der Waals surface area contributed by atoms with Crippen molar-refractivity contribution in [2.75, 3.05) is 13.2 Å². The largest absolute Gasteiger partial charge is 0.508 e. The van der Waals surface area contributed by atoms with Gasteiger partial charge in [0, 0.05) is 4.47 Å². The van der Waals surface area contributed by atoms with Crippen molar-refractivity contribution in [3.8, 4) is 17.2 Å². The molecule has 0 aliphatic heterocycles. The van der Waals surface area contributed by atoms with Crippen molar-refractivity contribution < 1.29 is 19.3 Å². The van der Waals surface area contributed by atoms with Crippen LogP contribution >= 0.6 is 27.5 Å². The molecule has 0 heterocycles. The Morgan fingerprint density at radius 3 is 2.14 bits per heavy atom. The molecule has 36 heavy (non-hydrogen) atoms. The Bertz CT molecular complexity index is 1250. The molecular formula is C30H28BrClO4. The van der Waals surface area contributed by atoms with E-state index in [-0.39, 0.29) is 0 Å². The fourth-order valence-corrected chi connectivity index (χ4v) is 4.51. The number of hydrogen-bond donors (Lipinski definition) is 1. The van der Waals surface area contributed by atoms with Crippen molar-refractivity contribution in [2.24, 2.45) is 0 Å². The SMILES string of the molecule is Oc1cccc(CCOCc2ccc(Oc3ccc(Br)cc3Cl)cc2)c1CCOCc1ccccc1. The molecule has 0 saturated heterocycles. The fourth-order valence-electron chi connectivity index (χ4n) is 3.79. The lowest BCUT2D eigenvalue weighted by Gasteiger charge is -2.13. The average molecular weight is 568 g/mol. The number of phenols is 1. The molecule has 0 fully saturated rings. The Morgan fingerprint density at radius 1 is 0.722 bits per heavy atom. The van der Waals surface area contributed by atoms with Crippen LogP contribution in [0.2, 0.25) is 5.02 Å². The predicted molar refractivity (Wildman–Crippen MR) is 147 cm³/mol. The minimum atomic E-state index is 0.303. The minimum absolute atomic E-state index is 0.303. The van der Waals surface area contributed by atoms with Crippen LogP contribution in [0, 0.1) is 0 Å². The van der Waals surface area contributed by atoms with Crippen LogP contribution in [-0.2, 0) is 35.5 Å². The van der Waals surface area contributed by atoms with Gasteiger partial charge in [0.2, 0.25) is 0 Å². The standard InChI is InChI=1S/C30H28BrClO4/c31-25-11-14-30(28(32)19-25)36-26-12-9-23(10-13-26)21-34-17-15-24-7-4-8-29(33)27(24)16-18-35-20-22-5-2-1-3-6-22/h1-14,19,33H,15-18,20-21H2. The lowest BCUT2D eigenvalue weighted by atomic mass is 10.0. The first-order valence-electron chi connectivity index (χ1n) is 11.8. The van der Waals surface area contributed by atoms with Gasteiger partial charge in [0.1, 0.15) is 17.2 Å². The van der Waals surface area contributed by atoms with E-state index < -0.39 is 0 Å². The van der Waals surface area contributed by atoms with Gasteiger partial charge in [-0.05, 0) is 71.5 Å². The molecule has 4 rings (SSSR count). The number of halogens is 2. The molecule has 4 aromatic carbocycles. The molecule has 0 radical (unpaired) electrons. The second kappa shape index (κ2) is 13.5. The van der Waals surface area contributed by atoms with Crippen LogP contribution in [-0.4, -0.2) is 18.3 Å².